The molecule has 2 N–H and O–H groups in total. The second-order valence-corrected chi connectivity index (χ2v) is 4.79. The first-order valence-corrected chi connectivity index (χ1v) is 7.53. The van der Waals surface area contributed by atoms with Crippen LogP contribution in [0.3, 0.4) is 0 Å². The van der Waals surface area contributed by atoms with Gasteiger partial charge in [0.05, 0.1) is 26.3 Å². The predicted molar refractivity (Wildman–Crippen MR) is 79.0 cm³/mol. The molecule has 0 radical (unpaired) electrons. The average molecular weight is 287 g/mol. The minimum atomic E-state index is -0.293. The molecular formula is C15H29NO4. The summed E-state index contributed by atoms with van der Waals surface area (Å²) in [5.41, 5.74) is 0. The highest BCUT2D eigenvalue weighted by Gasteiger charge is 2.10. The lowest BCUT2D eigenvalue weighted by Gasteiger charge is -2.18. The van der Waals surface area contributed by atoms with Gasteiger partial charge in [-0.25, -0.2) is 0 Å². The van der Waals surface area contributed by atoms with Crippen LogP contribution in [-0.4, -0.2) is 47.5 Å². The Morgan fingerprint density at radius 2 is 1.55 bits per heavy atom. The summed E-state index contributed by atoms with van der Waals surface area (Å²) in [6, 6.07) is 0. The fourth-order valence-corrected chi connectivity index (χ4v) is 1.88. The fourth-order valence-electron chi connectivity index (χ4n) is 1.88. The van der Waals surface area contributed by atoms with Crippen molar-refractivity contribution in [2.24, 2.45) is 0 Å². The Kier molecular flexibility index (Phi) is 13.8. The molecule has 0 rings (SSSR count). The van der Waals surface area contributed by atoms with Crippen molar-refractivity contribution in [1.29, 1.82) is 0 Å². The van der Waals surface area contributed by atoms with Gasteiger partial charge in [0.1, 0.15) is 0 Å². The van der Waals surface area contributed by atoms with Gasteiger partial charge >= 0.3 is 5.97 Å². The number of hydrogen-bond donors (Lipinski definition) is 2. The van der Waals surface area contributed by atoms with Gasteiger partial charge in [-0.3, -0.25) is 4.79 Å². The highest BCUT2D eigenvalue weighted by molar-refractivity contribution is 5.68. The Hall–Kier alpha value is -0.910. The van der Waals surface area contributed by atoms with Crippen LogP contribution in [0.4, 0.5) is 0 Å². The maximum absolute atomic E-state index is 11.5. The number of hydroxylamine groups is 2. The van der Waals surface area contributed by atoms with Gasteiger partial charge in [-0.15, -0.1) is 11.6 Å². The smallest absolute Gasteiger partial charge is 0.325 e. The summed E-state index contributed by atoms with van der Waals surface area (Å²) in [4.78, 5) is 16.6. The molecule has 0 aromatic rings. The number of nitrogens with zero attached hydrogens (tertiary/aromatic N) is 1. The molecule has 0 aliphatic rings. The van der Waals surface area contributed by atoms with Gasteiger partial charge in [0.2, 0.25) is 0 Å². The van der Waals surface area contributed by atoms with E-state index in [1.807, 2.05) is 6.08 Å². The van der Waals surface area contributed by atoms with E-state index in [1.54, 1.807) is 0 Å². The van der Waals surface area contributed by atoms with Gasteiger partial charge in [-0.05, 0) is 19.3 Å². The van der Waals surface area contributed by atoms with Gasteiger partial charge < -0.3 is 15.1 Å². The third-order valence-electron chi connectivity index (χ3n) is 2.97. The van der Waals surface area contributed by atoms with Crippen LogP contribution < -0.4 is 0 Å². The molecule has 0 unspecified atom stereocenters. The number of hydrogen-bond acceptors (Lipinski definition) is 5. The molecule has 5 nitrogen and oxygen atoms in total. The van der Waals surface area contributed by atoms with Crippen molar-refractivity contribution in [3.05, 3.63) is 12.7 Å². The number of aliphatic hydroxyl groups is 2. The largest absolute Gasteiger partial charge is 0.395 e. The normalized spacial score (nSPS) is 10.8. The molecule has 0 fully saturated rings. The highest BCUT2D eigenvalue weighted by Crippen LogP contribution is 2.09. The van der Waals surface area contributed by atoms with E-state index in [0.717, 1.165) is 25.7 Å². The molecule has 0 atom stereocenters. The van der Waals surface area contributed by atoms with Crippen LogP contribution in [0, 0.1) is 0 Å². The summed E-state index contributed by atoms with van der Waals surface area (Å²) in [7, 11) is 0. The molecule has 5 heteroatoms. The lowest BCUT2D eigenvalue weighted by atomic mass is 10.1. The Labute approximate surface area is 122 Å². The van der Waals surface area contributed by atoms with Crippen LogP contribution in [0.15, 0.2) is 12.7 Å². The molecule has 0 saturated carbocycles. The monoisotopic (exact) mass is 287 g/mol. The molecule has 0 aliphatic carbocycles. The van der Waals surface area contributed by atoms with E-state index in [1.165, 1.54) is 24.3 Å². The summed E-state index contributed by atoms with van der Waals surface area (Å²) in [5.74, 6) is -0.293. The van der Waals surface area contributed by atoms with E-state index in [2.05, 4.69) is 6.58 Å². The second-order valence-electron chi connectivity index (χ2n) is 4.79. The molecule has 0 amide bonds. The first kappa shape index (κ1) is 19.1. The average Bonchev–Trinajstić information content (AvgIpc) is 2.42. The number of carbonyl (C=O) groups excluding carboxylic acids is 1. The molecule has 0 saturated heterocycles. The van der Waals surface area contributed by atoms with E-state index in [9.17, 15) is 4.79 Å². The van der Waals surface area contributed by atoms with Crippen LogP contribution in [0.25, 0.3) is 0 Å². The summed E-state index contributed by atoms with van der Waals surface area (Å²) in [5, 5.41) is 18.9. The lowest BCUT2D eigenvalue weighted by Crippen LogP contribution is -2.32. The fraction of sp³-hybridized carbons (Fsp3) is 0.800. The van der Waals surface area contributed by atoms with Gasteiger partial charge in [0.25, 0.3) is 0 Å². The van der Waals surface area contributed by atoms with Crippen molar-refractivity contribution in [3.8, 4) is 0 Å². The van der Waals surface area contributed by atoms with Crippen molar-refractivity contribution in [2.45, 2.75) is 51.4 Å². The van der Waals surface area contributed by atoms with E-state index in [-0.39, 0.29) is 32.3 Å². The molecule has 0 aliphatic heterocycles. The number of rotatable bonds is 14. The number of allylic oxidation sites excluding steroid dienone is 1. The molecule has 0 aromatic heterocycles. The van der Waals surface area contributed by atoms with Crippen LogP contribution in [0.2, 0.25) is 0 Å². The van der Waals surface area contributed by atoms with Crippen molar-refractivity contribution in [1.82, 2.24) is 5.06 Å². The lowest BCUT2D eigenvalue weighted by molar-refractivity contribution is -0.194. The maximum atomic E-state index is 11.5. The Balaban J connectivity index is 3.49. The van der Waals surface area contributed by atoms with E-state index in [4.69, 9.17) is 15.1 Å². The zero-order chi connectivity index (χ0) is 15.1. The third kappa shape index (κ3) is 12.1. The van der Waals surface area contributed by atoms with E-state index in [0.29, 0.717) is 6.42 Å². The van der Waals surface area contributed by atoms with Gasteiger partial charge in [0.15, 0.2) is 0 Å². The molecule has 20 heavy (non-hydrogen) atoms. The van der Waals surface area contributed by atoms with E-state index < -0.39 is 0 Å². The Bertz CT molecular complexity index is 240. The minimum absolute atomic E-state index is 0.0992. The number of unbranched alkanes of at least 4 members (excludes halogenated alkanes) is 6. The first-order chi connectivity index (χ1) is 9.74. The van der Waals surface area contributed by atoms with Gasteiger partial charge in [0, 0.05) is 6.42 Å². The SMILES string of the molecule is C=CCCCCCCCCC(=O)ON(CCO)CCO. The molecule has 0 aromatic carbocycles. The Morgan fingerprint density at radius 1 is 1.00 bits per heavy atom. The summed E-state index contributed by atoms with van der Waals surface area (Å²) >= 11 is 0. The molecule has 118 valence electrons. The van der Waals surface area contributed by atoms with Gasteiger partial charge in [-0.1, -0.05) is 31.8 Å². The standard InChI is InChI=1S/C15H29NO4/c1-2-3-4-5-6-7-8-9-10-15(19)20-16(11-13-17)12-14-18/h2,17-18H,1,3-14H2. The highest BCUT2D eigenvalue weighted by atomic mass is 16.7. The van der Waals surface area contributed by atoms with Crippen molar-refractivity contribution < 1.29 is 19.8 Å². The van der Waals surface area contributed by atoms with E-state index >= 15 is 0 Å². The molecular weight excluding hydrogens is 258 g/mol. The first-order valence-electron chi connectivity index (χ1n) is 7.53. The van der Waals surface area contributed by atoms with Crippen LogP contribution in [0.5, 0.6) is 0 Å². The quantitative estimate of drug-likeness (QED) is 0.291. The topological polar surface area (TPSA) is 70.0 Å². The van der Waals surface area contributed by atoms with Gasteiger partial charge in [-0.2, -0.15) is 0 Å². The van der Waals surface area contributed by atoms with Crippen LogP contribution in [0.1, 0.15) is 51.4 Å². The summed E-state index contributed by atoms with van der Waals surface area (Å²) in [6.45, 7) is 3.96. The van der Waals surface area contributed by atoms with Crippen molar-refractivity contribution >= 4 is 5.97 Å². The zero-order valence-corrected chi connectivity index (χ0v) is 12.4. The Morgan fingerprint density at radius 3 is 2.10 bits per heavy atom. The van der Waals surface area contributed by atoms with Crippen LogP contribution in [-0.2, 0) is 9.63 Å². The molecule has 0 heterocycles. The van der Waals surface area contributed by atoms with Crippen molar-refractivity contribution in [3.63, 3.8) is 0 Å². The molecule has 0 bridgehead atoms. The summed E-state index contributed by atoms with van der Waals surface area (Å²) < 4.78 is 0. The summed E-state index contributed by atoms with van der Waals surface area (Å²) in [6.07, 6.45) is 10.0. The second kappa shape index (κ2) is 14.5. The predicted octanol–water partition coefficient (Wildman–Crippen LogP) is 2.04. The van der Waals surface area contributed by atoms with Crippen molar-refractivity contribution in [2.75, 3.05) is 26.3 Å². The maximum Gasteiger partial charge on any atom is 0.325 e. The molecule has 0 spiro atoms. The minimum Gasteiger partial charge on any atom is -0.395 e. The third-order valence-corrected chi connectivity index (χ3v) is 2.97. The zero-order valence-electron chi connectivity index (χ0n) is 12.4. The number of carbonyl (C=O) groups is 1. The number of aliphatic hydroxyl groups excluding tert-OH is 2. The van der Waals surface area contributed by atoms with Crippen LogP contribution >= 0.6 is 0 Å².